The molecule has 0 radical (unpaired) electrons. The minimum atomic E-state index is -0.190. The SMILES string of the molecule is CCc1c(C(=O)N[C@H]2COc3c(Cl)cccc32)cnn1CC(C)C. The molecule has 1 N–H and O–H groups in total. The van der Waals surface area contributed by atoms with Crippen molar-refractivity contribution in [3.63, 3.8) is 0 Å². The second-order valence-electron chi connectivity index (χ2n) is 6.43. The fraction of sp³-hybridized carbons (Fsp3) is 0.444. The van der Waals surface area contributed by atoms with Crippen molar-refractivity contribution in [3.05, 3.63) is 46.2 Å². The maximum absolute atomic E-state index is 12.7. The van der Waals surface area contributed by atoms with E-state index in [0.29, 0.717) is 28.9 Å². The van der Waals surface area contributed by atoms with Crippen LogP contribution in [0, 0.1) is 5.92 Å². The molecule has 1 amide bonds. The molecule has 0 saturated carbocycles. The Balaban J connectivity index is 1.80. The summed E-state index contributed by atoms with van der Waals surface area (Å²) in [6, 6.07) is 5.40. The van der Waals surface area contributed by atoms with Gasteiger partial charge in [-0.2, -0.15) is 5.10 Å². The highest BCUT2D eigenvalue weighted by Gasteiger charge is 2.28. The number of rotatable bonds is 5. The van der Waals surface area contributed by atoms with Crippen LogP contribution >= 0.6 is 11.6 Å². The molecule has 0 unspecified atom stereocenters. The van der Waals surface area contributed by atoms with E-state index in [4.69, 9.17) is 16.3 Å². The number of aromatic nitrogens is 2. The summed E-state index contributed by atoms with van der Waals surface area (Å²) in [6.45, 7) is 7.51. The van der Waals surface area contributed by atoms with Crippen molar-refractivity contribution in [2.75, 3.05) is 6.61 Å². The molecule has 1 aliphatic heterocycles. The van der Waals surface area contributed by atoms with Crippen LogP contribution in [0.15, 0.2) is 24.4 Å². The normalized spacial score (nSPS) is 16.1. The number of carbonyl (C=O) groups excluding carboxylic acids is 1. The summed E-state index contributed by atoms with van der Waals surface area (Å²) in [7, 11) is 0. The van der Waals surface area contributed by atoms with Crippen molar-refractivity contribution < 1.29 is 9.53 Å². The van der Waals surface area contributed by atoms with Crippen LogP contribution in [0.4, 0.5) is 0 Å². The van der Waals surface area contributed by atoms with Gasteiger partial charge < -0.3 is 10.1 Å². The zero-order valence-electron chi connectivity index (χ0n) is 14.2. The van der Waals surface area contributed by atoms with Crippen LogP contribution in [0.25, 0.3) is 0 Å². The fourth-order valence-electron chi connectivity index (χ4n) is 3.04. The number of hydrogen-bond acceptors (Lipinski definition) is 3. The minimum absolute atomic E-state index is 0.122. The molecule has 0 fully saturated rings. The Labute approximate surface area is 147 Å². The van der Waals surface area contributed by atoms with Crippen LogP contribution in [0.2, 0.25) is 5.02 Å². The van der Waals surface area contributed by atoms with E-state index < -0.39 is 0 Å². The Hall–Kier alpha value is -2.01. The molecule has 6 heteroatoms. The molecular weight excluding hydrogens is 326 g/mol. The number of ether oxygens (including phenoxy) is 1. The number of carbonyl (C=O) groups is 1. The maximum atomic E-state index is 12.7. The zero-order valence-corrected chi connectivity index (χ0v) is 14.9. The Morgan fingerprint density at radius 3 is 3.00 bits per heavy atom. The van der Waals surface area contributed by atoms with Gasteiger partial charge in [0.1, 0.15) is 12.4 Å². The van der Waals surface area contributed by atoms with Crippen LogP contribution in [0.5, 0.6) is 5.75 Å². The third-order valence-corrected chi connectivity index (χ3v) is 4.44. The number of benzene rings is 1. The maximum Gasteiger partial charge on any atom is 0.255 e. The lowest BCUT2D eigenvalue weighted by atomic mass is 10.1. The average Bonchev–Trinajstić information content (AvgIpc) is 3.12. The lowest BCUT2D eigenvalue weighted by Gasteiger charge is -2.13. The summed E-state index contributed by atoms with van der Waals surface area (Å²) in [6.07, 6.45) is 2.42. The van der Waals surface area contributed by atoms with E-state index in [-0.39, 0.29) is 11.9 Å². The number of amides is 1. The summed E-state index contributed by atoms with van der Waals surface area (Å²) in [5.74, 6) is 1.02. The van der Waals surface area contributed by atoms with Gasteiger partial charge >= 0.3 is 0 Å². The summed E-state index contributed by atoms with van der Waals surface area (Å²) in [5, 5.41) is 8.00. The zero-order chi connectivity index (χ0) is 17.3. The van der Waals surface area contributed by atoms with Crippen LogP contribution < -0.4 is 10.1 Å². The highest BCUT2D eigenvalue weighted by atomic mass is 35.5. The highest BCUT2D eigenvalue weighted by molar-refractivity contribution is 6.32. The van der Waals surface area contributed by atoms with E-state index in [1.54, 1.807) is 12.3 Å². The van der Waals surface area contributed by atoms with E-state index in [9.17, 15) is 4.79 Å². The van der Waals surface area contributed by atoms with E-state index in [2.05, 4.69) is 24.3 Å². The van der Waals surface area contributed by atoms with Crippen molar-refractivity contribution in [2.45, 2.75) is 39.8 Å². The van der Waals surface area contributed by atoms with Gasteiger partial charge in [-0.05, 0) is 18.4 Å². The standard InChI is InChI=1S/C18H22ClN3O2/c1-4-16-13(8-20-22(16)9-11(2)3)18(23)21-15-10-24-17-12(15)6-5-7-14(17)19/h5-8,11,15H,4,9-10H2,1-3H3,(H,21,23)/t15-/m0/s1. The number of para-hydroxylation sites is 1. The first-order valence-electron chi connectivity index (χ1n) is 8.28. The molecule has 0 aliphatic carbocycles. The van der Waals surface area contributed by atoms with Crippen molar-refractivity contribution in [1.82, 2.24) is 15.1 Å². The Kier molecular flexibility index (Phi) is 4.81. The highest BCUT2D eigenvalue weighted by Crippen LogP contribution is 2.38. The molecule has 1 aliphatic rings. The predicted molar refractivity (Wildman–Crippen MR) is 93.6 cm³/mol. The molecule has 0 saturated heterocycles. The molecule has 3 rings (SSSR count). The lowest BCUT2D eigenvalue weighted by Crippen LogP contribution is -2.30. The van der Waals surface area contributed by atoms with E-state index in [0.717, 1.165) is 24.2 Å². The molecule has 1 atom stereocenters. The lowest BCUT2D eigenvalue weighted by molar-refractivity contribution is 0.0929. The molecule has 0 bridgehead atoms. The van der Waals surface area contributed by atoms with Crippen LogP contribution in [0.1, 0.15) is 48.4 Å². The molecular formula is C18H22ClN3O2. The second kappa shape index (κ2) is 6.85. The average molecular weight is 348 g/mol. The molecule has 128 valence electrons. The quantitative estimate of drug-likeness (QED) is 0.898. The number of nitrogens with zero attached hydrogens (tertiary/aromatic N) is 2. The second-order valence-corrected chi connectivity index (χ2v) is 6.84. The summed E-state index contributed by atoms with van der Waals surface area (Å²) in [4.78, 5) is 12.7. The van der Waals surface area contributed by atoms with Gasteiger partial charge in [-0.25, -0.2) is 0 Å². The van der Waals surface area contributed by atoms with Gasteiger partial charge in [0.2, 0.25) is 0 Å². The summed E-state index contributed by atoms with van der Waals surface area (Å²) < 4.78 is 7.55. The first-order chi connectivity index (χ1) is 11.5. The van der Waals surface area contributed by atoms with Gasteiger partial charge in [-0.15, -0.1) is 0 Å². The van der Waals surface area contributed by atoms with Gasteiger partial charge in [0.05, 0.1) is 28.5 Å². The molecule has 24 heavy (non-hydrogen) atoms. The number of fused-ring (bicyclic) bond motifs is 1. The van der Waals surface area contributed by atoms with Crippen molar-refractivity contribution >= 4 is 17.5 Å². The predicted octanol–water partition coefficient (Wildman–Crippen LogP) is 3.62. The molecule has 2 heterocycles. The number of nitrogens with one attached hydrogen (secondary N) is 1. The van der Waals surface area contributed by atoms with E-state index >= 15 is 0 Å². The van der Waals surface area contributed by atoms with Crippen molar-refractivity contribution in [3.8, 4) is 5.75 Å². The van der Waals surface area contributed by atoms with Gasteiger partial charge in [-0.1, -0.05) is 44.5 Å². The Morgan fingerprint density at radius 2 is 2.29 bits per heavy atom. The van der Waals surface area contributed by atoms with E-state index in [1.807, 2.05) is 23.7 Å². The van der Waals surface area contributed by atoms with E-state index in [1.165, 1.54) is 0 Å². The molecule has 2 aromatic rings. The molecule has 5 nitrogen and oxygen atoms in total. The summed E-state index contributed by atoms with van der Waals surface area (Å²) >= 11 is 6.14. The topological polar surface area (TPSA) is 56.1 Å². The molecule has 1 aromatic carbocycles. The van der Waals surface area contributed by atoms with Gasteiger partial charge in [0.25, 0.3) is 5.91 Å². The van der Waals surface area contributed by atoms with Gasteiger partial charge in [0.15, 0.2) is 0 Å². The third kappa shape index (κ3) is 3.13. The number of halogens is 1. The Bertz CT molecular complexity index is 755. The first kappa shape index (κ1) is 16.8. The largest absolute Gasteiger partial charge is 0.489 e. The molecule has 1 aromatic heterocycles. The monoisotopic (exact) mass is 347 g/mol. The first-order valence-corrected chi connectivity index (χ1v) is 8.65. The van der Waals surface area contributed by atoms with Crippen LogP contribution in [-0.4, -0.2) is 22.3 Å². The van der Waals surface area contributed by atoms with Crippen LogP contribution in [-0.2, 0) is 13.0 Å². The summed E-state index contributed by atoms with van der Waals surface area (Å²) in [5.41, 5.74) is 2.52. The van der Waals surface area contributed by atoms with Crippen molar-refractivity contribution in [1.29, 1.82) is 0 Å². The van der Waals surface area contributed by atoms with Crippen molar-refractivity contribution in [2.24, 2.45) is 5.92 Å². The van der Waals surface area contributed by atoms with Gasteiger partial charge in [0, 0.05) is 12.1 Å². The third-order valence-electron chi connectivity index (χ3n) is 4.14. The fourth-order valence-corrected chi connectivity index (χ4v) is 3.28. The molecule has 0 spiro atoms. The smallest absolute Gasteiger partial charge is 0.255 e. The number of hydrogen-bond donors (Lipinski definition) is 1. The Morgan fingerprint density at radius 1 is 1.50 bits per heavy atom. The van der Waals surface area contributed by atoms with Gasteiger partial charge in [-0.3, -0.25) is 9.48 Å². The minimum Gasteiger partial charge on any atom is -0.489 e. The van der Waals surface area contributed by atoms with Crippen LogP contribution in [0.3, 0.4) is 0 Å².